The molecule has 5 aromatic rings. The second kappa shape index (κ2) is 11.4. The van der Waals surface area contributed by atoms with E-state index in [1.54, 1.807) is 48.5 Å². The SMILES string of the molecule is COC(=O)c1ccc2nc(Cc3ccc(-c4cccc(OCc5ccc(C#N)cc5F)n4)cc3F)n(CC3CC3)c2c1. The van der Waals surface area contributed by atoms with Crippen molar-refractivity contribution >= 4 is 17.0 Å². The third-order valence-electron chi connectivity index (χ3n) is 7.36. The molecule has 0 atom stereocenters. The molecule has 0 radical (unpaired) electrons. The van der Waals surface area contributed by atoms with E-state index in [4.69, 9.17) is 19.7 Å². The summed E-state index contributed by atoms with van der Waals surface area (Å²) in [7, 11) is 1.35. The van der Waals surface area contributed by atoms with E-state index < -0.39 is 11.8 Å². The highest BCUT2D eigenvalue weighted by Gasteiger charge is 2.25. The largest absolute Gasteiger partial charge is 0.473 e. The van der Waals surface area contributed by atoms with Crippen LogP contribution in [0.4, 0.5) is 8.78 Å². The first-order valence-electron chi connectivity index (χ1n) is 13.6. The molecular weight excluding hydrogens is 538 g/mol. The molecule has 42 heavy (non-hydrogen) atoms. The lowest BCUT2D eigenvalue weighted by Gasteiger charge is -2.11. The van der Waals surface area contributed by atoms with Gasteiger partial charge in [0.1, 0.15) is 24.1 Å². The minimum absolute atomic E-state index is 0.0652. The maximum absolute atomic E-state index is 15.5. The van der Waals surface area contributed by atoms with Crippen molar-refractivity contribution in [2.45, 2.75) is 32.4 Å². The summed E-state index contributed by atoms with van der Waals surface area (Å²) in [5.74, 6) is 0.209. The molecule has 0 aliphatic heterocycles. The third kappa shape index (κ3) is 5.70. The number of carbonyl (C=O) groups is 1. The molecule has 0 spiro atoms. The fourth-order valence-corrected chi connectivity index (χ4v) is 4.88. The standard InChI is InChI=1S/C33H26F2N4O3/c1-41-33(40)24-11-12-29-30(15-24)39(18-20-5-6-20)31(37-29)16-22-9-10-23(14-27(22)35)28-3-2-4-32(38-28)42-19-25-8-7-21(17-36)13-26(25)34/h2-4,7-15,20H,5-6,16,18-19H2,1H3. The number of hydrogen-bond acceptors (Lipinski definition) is 6. The number of benzene rings is 3. The number of aromatic nitrogens is 3. The molecule has 1 aliphatic rings. The van der Waals surface area contributed by atoms with Gasteiger partial charge in [-0.2, -0.15) is 5.26 Å². The number of halogens is 2. The van der Waals surface area contributed by atoms with Crippen molar-refractivity contribution < 1.29 is 23.0 Å². The highest BCUT2D eigenvalue weighted by molar-refractivity contribution is 5.93. The van der Waals surface area contributed by atoms with Crippen LogP contribution in [0.15, 0.2) is 72.8 Å². The number of hydrogen-bond donors (Lipinski definition) is 0. The lowest BCUT2D eigenvalue weighted by molar-refractivity contribution is 0.0601. The van der Waals surface area contributed by atoms with Crippen LogP contribution >= 0.6 is 0 Å². The van der Waals surface area contributed by atoms with Crippen molar-refractivity contribution in [2.24, 2.45) is 5.92 Å². The van der Waals surface area contributed by atoms with Gasteiger partial charge in [0.05, 0.1) is 41.0 Å². The van der Waals surface area contributed by atoms with E-state index in [0.717, 1.165) is 42.3 Å². The van der Waals surface area contributed by atoms with Crippen LogP contribution in [0.3, 0.4) is 0 Å². The fraction of sp³-hybridized carbons (Fsp3) is 0.212. The topological polar surface area (TPSA) is 90.0 Å². The van der Waals surface area contributed by atoms with Crippen molar-refractivity contribution in [1.29, 1.82) is 5.26 Å². The minimum atomic E-state index is -0.530. The zero-order valence-electron chi connectivity index (χ0n) is 22.8. The van der Waals surface area contributed by atoms with Gasteiger partial charge in [-0.1, -0.05) is 24.3 Å². The Bertz CT molecular complexity index is 1860. The number of esters is 1. The van der Waals surface area contributed by atoms with E-state index >= 15 is 4.39 Å². The molecule has 0 bridgehead atoms. The second-order valence-electron chi connectivity index (χ2n) is 10.3. The van der Waals surface area contributed by atoms with Crippen LogP contribution in [0.2, 0.25) is 0 Å². The Balaban J connectivity index is 1.22. The Morgan fingerprint density at radius 2 is 1.81 bits per heavy atom. The van der Waals surface area contributed by atoms with E-state index in [0.29, 0.717) is 33.9 Å². The van der Waals surface area contributed by atoms with E-state index in [1.165, 1.54) is 25.3 Å². The fourth-order valence-electron chi connectivity index (χ4n) is 4.88. The van der Waals surface area contributed by atoms with Gasteiger partial charge in [0, 0.05) is 30.2 Å². The van der Waals surface area contributed by atoms with Crippen LogP contribution in [-0.4, -0.2) is 27.6 Å². The molecule has 3 aromatic carbocycles. The monoisotopic (exact) mass is 564 g/mol. The maximum Gasteiger partial charge on any atom is 0.337 e. The Labute approximate surface area is 241 Å². The first-order valence-corrected chi connectivity index (χ1v) is 13.6. The minimum Gasteiger partial charge on any atom is -0.473 e. The Kier molecular flexibility index (Phi) is 7.36. The number of fused-ring (bicyclic) bond motifs is 1. The summed E-state index contributed by atoms with van der Waals surface area (Å²) in [5.41, 5.74) is 4.12. The van der Waals surface area contributed by atoms with Crippen LogP contribution in [0, 0.1) is 28.9 Å². The number of pyridine rings is 1. The summed E-state index contributed by atoms with van der Waals surface area (Å²) < 4.78 is 42.3. The number of methoxy groups -OCH3 is 1. The number of nitrogens with zero attached hydrogens (tertiary/aromatic N) is 4. The van der Waals surface area contributed by atoms with Crippen LogP contribution < -0.4 is 4.74 Å². The highest BCUT2D eigenvalue weighted by atomic mass is 19.1. The van der Waals surface area contributed by atoms with E-state index in [1.807, 2.05) is 6.07 Å². The number of imidazole rings is 1. The van der Waals surface area contributed by atoms with Gasteiger partial charge in [0.25, 0.3) is 0 Å². The zero-order valence-corrected chi connectivity index (χ0v) is 22.8. The van der Waals surface area contributed by atoms with Crippen molar-refractivity contribution in [3.8, 4) is 23.2 Å². The van der Waals surface area contributed by atoms with Crippen molar-refractivity contribution in [2.75, 3.05) is 7.11 Å². The van der Waals surface area contributed by atoms with E-state index in [2.05, 4.69) is 9.55 Å². The van der Waals surface area contributed by atoms with Gasteiger partial charge in [-0.15, -0.1) is 0 Å². The van der Waals surface area contributed by atoms with Gasteiger partial charge < -0.3 is 14.0 Å². The zero-order chi connectivity index (χ0) is 29.2. The summed E-state index contributed by atoms with van der Waals surface area (Å²) in [5, 5.41) is 8.92. The lowest BCUT2D eigenvalue weighted by Crippen LogP contribution is -2.08. The summed E-state index contributed by atoms with van der Waals surface area (Å²) in [6.45, 7) is 0.698. The number of carbonyl (C=O) groups excluding carboxylic acids is 1. The average Bonchev–Trinajstić information content (AvgIpc) is 3.77. The van der Waals surface area contributed by atoms with Gasteiger partial charge in [-0.05, 0) is 66.8 Å². The summed E-state index contributed by atoms with van der Waals surface area (Å²) in [6.07, 6.45) is 2.56. The van der Waals surface area contributed by atoms with Crippen molar-refractivity contribution in [3.05, 3.63) is 113 Å². The summed E-state index contributed by atoms with van der Waals surface area (Å²) in [6, 6.07) is 21.5. The molecule has 2 aromatic heterocycles. The van der Waals surface area contributed by atoms with Crippen LogP contribution in [0.25, 0.3) is 22.3 Å². The van der Waals surface area contributed by atoms with Crippen molar-refractivity contribution in [1.82, 2.24) is 14.5 Å². The van der Waals surface area contributed by atoms with Crippen molar-refractivity contribution in [3.63, 3.8) is 0 Å². The third-order valence-corrected chi connectivity index (χ3v) is 7.36. The van der Waals surface area contributed by atoms with E-state index in [-0.39, 0.29) is 30.3 Å². The molecular formula is C33H26F2N4O3. The van der Waals surface area contributed by atoms with Gasteiger partial charge >= 0.3 is 5.97 Å². The molecule has 6 rings (SSSR count). The van der Waals surface area contributed by atoms with E-state index in [9.17, 15) is 9.18 Å². The molecule has 0 N–H and O–H groups in total. The lowest BCUT2D eigenvalue weighted by atomic mass is 10.1. The van der Waals surface area contributed by atoms with Gasteiger partial charge in [0.15, 0.2) is 0 Å². The average molecular weight is 565 g/mol. The Morgan fingerprint density at radius 1 is 1.00 bits per heavy atom. The molecule has 7 nitrogen and oxygen atoms in total. The first-order chi connectivity index (χ1) is 20.4. The molecule has 1 aliphatic carbocycles. The quantitative estimate of drug-likeness (QED) is 0.187. The number of rotatable bonds is 9. The molecule has 1 fully saturated rings. The molecule has 0 saturated heterocycles. The maximum atomic E-state index is 15.5. The Hall–Kier alpha value is -5.10. The van der Waals surface area contributed by atoms with Gasteiger partial charge in [0.2, 0.25) is 5.88 Å². The normalized spacial score (nSPS) is 12.7. The molecule has 2 heterocycles. The van der Waals surface area contributed by atoms with Crippen LogP contribution in [0.1, 0.15) is 45.7 Å². The smallest absolute Gasteiger partial charge is 0.337 e. The predicted octanol–water partition coefficient (Wildman–Crippen LogP) is 6.61. The second-order valence-corrected chi connectivity index (χ2v) is 10.3. The molecule has 1 saturated carbocycles. The number of ether oxygens (including phenoxy) is 2. The highest BCUT2D eigenvalue weighted by Crippen LogP contribution is 2.33. The molecule has 210 valence electrons. The Morgan fingerprint density at radius 3 is 2.55 bits per heavy atom. The van der Waals surface area contributed by atoms with Crippen LogP contribution in [-0.2, 0) is 24.3 Å². The molecule has 0 unspecified atom stereocenters. The molecule has 9 heteroatoms. The first kappa shape index (κ1) is 27.1. The van der Waals surface area contributed by atoms with Crippen LogP contribution in [0.5, 0.6) is 5.88 Å². The van der Waals surface area contributed by atoms with Gasteiger partial charge in [-0.3, -0.25) is 0 Å². The number of nitriles is 1. The van der Waals surface area contributed by atoms with Gasteiger partial charge in [-0.25, -0.2) is 23.5 Å². The summed E-state index contributed by atoms with van der Waals surface area (Å²) in [4.78, 5) is 21.4. The summed E-state index contributed by atoms with van der Waals surface area (Å²) >= 11 is 0. The predicted molar refractivity (Wildman–Crippen MR) is 152 cm³/mol. The molecule has 0 amide bonds.